The van der Waals surface area contributed by atoms with Crippen molar-refractivity contribution in [1.29, 1.82) is 0 Å². The summed E-state index contributed by atoms with van der Waals surface area (Å²) < 4.78 is 1.94. The lowest BCUT2D eigenvalue weighted by Crippen LogP contribution is -2.38. The highest BCUT2D eigenvalue weighted by atomic mass is 16.3. The number of fused-ring (bicyclic) bond motifs is 1. The van der Waals surface area contributed by atoms with Crippen LogP contribution in [0.4, 0.5) is 0 Å². The highest BCUT2D eigenvalue weighted by Crippen LogP contribution is 2.26. The number of phenolic OH excluding ortho intramolecular Hbond substituents is 1. The number of hydrogen-bond donors (Lipinski definition) is 1. The summed E-state index contributed by atoms with van der Waals surface area (Å²) in [6.45, 7) is 3.23. The summed E-state index contributed by atoms with van der Waals surface area (Å²) in [5, 5.41) is 9.42. The van der Waals surface area contributed by atoms with E-state index in [1.165, 1.54) is 5.57 Å². The zero-order valence-corrected chi connectivity index (χ0v) is 14.7. The molecule has 0 fully saturated rings. The van der Waals surface area contributed by atoms with Crippen LogP contribution < -0.4 is 0 Å². The first-order valence-corrected chi connectivity index (χ1v) is 8.82. The number of rotatable bonds is 3. The molecule has 1 atom stereocenters. The number of phenols is 1. The number of imidazole rings is 1. The smallest absolute Gasteiger partial charge is 0.245 e. The second kappa shape index (κ2) is 6.67. The molecule has 0 aliphatic carbocycles. The number of carbonyl (C=O) groups excluding carboxylic acids is 1. The molecule has 1 aliphatic rings. The molecule has 132 valence electrons. The Hall–Kier alpha value is -3.08. The van der Waals surface area contributed by atoms with E-state index in [1.54, 1.807) is 18.5 Å². The molecule has 0 bridgehead atoms. The highest BCUT2D eigenvalue weighted by molar-refractivity contribution is 5.84. The van der Waals surface area contributed by atoms with E-state index in [0.29, 0.717) is 13.1 Å². The van der Waals surface area contributed by atoms with E-state index in [4.69, 9.17) is 0 Å². The van der Waals surface area contributed by atoms with Gasteiger partial charge in [-0.15, -0.1) is 0 Å². The summed E-state index contributed by atoms with van der Waals surface area (Å²) in [7, 11) is 0. The molecule has 1 amide bonds. The van der Waals surface area contributed by atoms with Crippen molar-refractivity contribution in [3.63, 3.8) is 0 Å². The van der Waals surface area contributed by atoms with Gasteiger partial charge in [0, 0.05) is 13.1 Å². The SMILES string of the molecule is C[C@@H](C(=O)N1CC=C(c2ccc(O)cc2)CC1)n1cnc2ccccc21. The Kier molecular flexibility index (Phi) is 4.21. The summed E-state index contributed by atoms with van der Waals surface area (Å²) in [4.78, 5) is 19.2. The van der Waals surface area contributed by atoms with Crippen LogP contribution in [0.1, 0.15) is 24.9 Å². The van der Waals surface area contributed by atoms with Crippen LogP contribution in [0.25, 0.3) is 16.6 Å². The number of aromatic hydroxyl groups is 1. The van der Waals surface area contributed by atoms with Crippen molar-refractivity contribution in [2.75, 3.05) is 13.1 Å². The van der Waals surface area contributed by atoms with Gasteiger partial charge in [-0.25, -0.2) is 4.98 Å². The average molecular weight is 347 g/mol. The molecule has 5 nitrogen and oxygen atoms in total. The van der Waals surface area contributed by atoms with Gasteiger partial charge in [0.25, 0.3) is 0 Å². The molecule has 26 heavy (non-hydrogen) atoms. The lowest BCUT2D eigenvalue weighted by Gasteiger charge is -2.29. The number of hydrogen-bond acceptors (Lipinski definition) is 3. The van der Waals surface area contributed by atoms with Crippen molar-refractivity contribution in [3.05, 3.63) is 66.5 Å². The second-order valence-corrected chi connectivity index (χ2v) is 6.63. The largest absolute Gasteiger partial charge is 0.508 e. The van der Waals surface area contributed by atoms with Crippen LogP contribution in [-0.4, -0.2) is 38.6 Å². The number of aromatic nitrogens is 2. The minimum atomic E-state index is -0.286. The van der Waals surface area contributed by atoms with Gasteiger partial charge in [-0.05, 0) is 48.7 Å². The molecule has 4 rings (SSSR count). The van der Waals surface area contributed by atoms with Crippen LogP contribution in [0.15, 0.2) is 60.9 Å². The molecule has 1 N–H and O–H groups in total. The zero-order valence-electron chi connectivity index (χ0n) is 14.7. The Balaban J connectivity index is 1.50. The van der Waals surface area contributed by atoms with E-state index >= 15 is 0 Å². The van der Waals surface area contributed by atoms with Gasteiger partial charge in [0.1, 0.15) is 11.8 Å². The van der Waals surface area contributed by atoms with Crippen molar-refractivity contribution < 1.29 is 9.90 Å². The zero-order chi connectivity index (χ0) is 18.1. The predicted molar refractivity (Wildman–Crippen MR) is 102 cm³/mol. The molecule has 0 saturated heterocycles. The predicted octanol–water partition coefficient (Wildman–Crippen LogP) is 3.62. The first-order chi connectivity index (χ1) is 12.6. The molecule has 2 aromatic carbocycles. The lowest BCUT2D eigenvalue weighted by atomic mass is 9.99. The fourth-order valence-electron chi connectivity index (χ4n) is 3.48. The molecule has 3 aromatic rings. The van der Waals surface area contributed by atoms with Crippen molar-refractivity contribution in [3.8, 4) is 5.75 Å². The first-order valence-electron chi connectivity index (χ1n) is 8.82. The highest BCUT2D eigenvalue weighted by Gasteiger charge is 2.24. The van der Waals surface area contributed by atoms with Gasteiger partial charge in [-0.3, -0.25) is 4.79 Å². The monoisotopic (exact) mass is 347 g/mol. The summed E-state index contributed by atoms with van der Waals surface area (Å²) in [5.74, 6) is 0.373. The quantitative estimate of drug-likeness (QED) is 0.787. The molecular formula is C21H21N3O2. The third kappa shape index (κ3) is 2.96. The number of nitrogens with zero attached hydrogens (tertiary/aromatic N) is 3. The first kappa shape index (κ1) is 16.4. The van der Waals surface area contributed by atoms with Crippen LogP contribution in [0.5, 0.6) is 5.75 Å². The van der Waals surface area contributed by atoms with E-state index in [-0.39, 0.29) is 17.7 Å². The average Bonchev–Trinajstić information content (AvgIpc) is 3.12. The summed E-state index contributed by atoms with van der Waals surface area (Å²) >= 11 is 0. The molecule has 1 aromatic heterocycles. The van der Waals surface area contributed by atoms with Gasteiger partial charge in [-0.1, -0.05) is 30.3 Å². The van der Waals surface area contributed by atoms with E-state index in [0.717, 1.165) is 23.0 Å². The van der Waals surface area contributed by atoms with Crippen molar-refractivity contribution in [2.45, 2.75) is 19.4 Å². The Morgan fingerprint density at radius 1 is 1.15 bits per heavy atom. The van der Waals surface area contributed by atoms with Gasteiger partial charge in [0.15, 0.2) is 0 Å². The maximum atomic E-state index is 12.9. The molecule has 1 aliphatic heterocycles. The van der Waals surface area contributed by atoms with Crippen LogP contribution in [-0.2, 0) is 4.79 Å². The Labute approximate surface area is 152 Å². The fourth-order valence-corrected chi connectivity index (χ4v) is 3.48. The van der Waals surface area contributed by atoms with Crippen molar-refractivity contribution in [2.24, 2.45) is 0 Å². The number of para-hydroxylation sites is 2. The topological polar surface area (TPSA) is 58.4 Å². The molecule has 2 heterocycles. The summed E-state index contributed by atoms with van der Waals surface area (Å²) in [5.41, 5.74) is 4.20. The van der Waals surface area contributed by atoms with E-state index in [1.807, 2.05) is 52.8 Å². The lowest BCUT2D eigenvalue weighted by molar-refractivity contribution is -0.133. The third-order valence-corrected chi connectivity index (χ3v) is 5.01. The van der Waals surface area contributed by atoms with Crippen LogP contribution >= 0.6 is 0 Å². The van der Waals surface area contributed by atoms with Crippen molar-refractivity contribution >= 4 is 22.5 Å². The third-order valence-electron chi connectivity index (χ3n) is 5.01. The maximum Gasteiger partial charge on any atom is 0.245 e. The van der Waals surface area contributed by atoms with Gasteiger partial charge in [0.2, 0.25) is 5.91 Å². The van der Waals surface area contributed by atoms with E-state index in [2.05, 4.69) is 11.1 Å². The molecule has 0 spiro atoms. The second-order valence-electron chi connectivity index (χ2n) is 6.63. The number of benzene rings is 2. The van der Waals surface area contributed by atoms with Crippen LogP contribution in [0, 0.1) is 0 Å². The Morgan fingerprint density at radius 2 is 1.92 bits per heavy atom. The summed E-state index contributed by atoms with van der Waals surface area (Å²) in [6.07, 6.45) is 4.66. The standard InChI is InChI=1S/C21H21N3O2/c1-15(24-14-22-19-4-2-3-5-20(19)24)21(26)23-12-10-17(11-13-23)16-6-8-18(25)9-7-16/h2-10,14-15,25H,11-13H2,1H3/t15-/m0/s1. The van der Waals surface area contributed by atoms with Gasteiger partial charge in [0.05, 0.1) is 17.4 Å². The Bertz CT molecular complexity index is 972. The number of carbonyl (C=O) groups is 1. The van der Waals surface area contributed by atoms with Crippen LogP contribution in [0.3, 0.4) is 0 Å². The Morgan fingerprint density at radius 3 is 2.65 bits per heavy atom. The normalized spacial score (nSPS) is 15.7. The van der Waals surface area contributed by atoms with Crippen LogP contribution in [0.2, 0.25) is 0 Å². The minimum Gasteiger partial charge on any atom is -0.508 e. The molecule has 0 saturated carbocycles. The molecule has 0 unspecified atom stereocenters. The minimum absolute atomic E-state index is 0.106. The van der Waals surface area contributed by atoms with E-state index in [9.17, 15) is 9.90 Å². The van der Waals surface area contributed by atoms with Gasteiger partial charge in [-0.2, -0.15) is 0 Å². The molecule has 5 heteroatoms. The van der Waals surface area contributed by atoms with Crippen molar-refractivity contribution in [1.82, 2.24) is 14.5 Å². The molecular weight excluding hydrogens is 326 g/mol. The number of amides is 1. The van der Waals surface area contributed by atoms with Gasteiger partial charge < -0.3 is 14.6 Å². The molecule has 0 radical (unpaired) electrons. The van der Waals surface area contributed by atoms with E-state index < -0.39 is 0 Å². The van der Waals surface area contributed by atoms with Gasteiger partial charge >= 0.3 is 0 Å². The summed E-state index contributed by atoms with van der Waals surface area (Å²) in [6, 6.07) is 14.8. The fraction of sp³-hybridized carbons (Fsp3) is 0.238. The maximum absolute atomic E-state index is 12.9.